The van der Waals surface area contributed by atoms with E-state index in [9.17, 15) is 0 Å². The summed E-state index contributed by atoms with van der Waals surface area (Å²) >= 11 is 3.92. The molecule has 1 aromatic heterocycles. The first kappa shape index (κ1) is 6.97. The molecule has 4 heteroatoms. The van der Waals surface area contributed by atoms with Gasteiger partial charge in [0.2, 0.25) is 0 Å². The molecule has 1 fully saturated rings. The van der Waals surface area contributed by atoms with Gasteiger partial charge in [-0.1, -0.05) is 27.1 Å². The first-order valence-corrected chi connectivity index (χ1v) is 5.59. The molecular formula is C6H7IN2S. The molecule has 1 saturated carbocycles. The van der Waals surface area contributed by atoms with Crippen molar-refractivity contribution >= 4 is 34.1 Å². The average Bonchev–Trinajstić information content (AvgIpc) is 2.69. The van der Waals surface area contributed by atoms with Crippen molar-refractivity contribution in [1.29, 1.82) is 0 Å². The lowest BCUT2D eigenvalue weighted by Gasteiger charge is -1.89. The van der Waals surface area contributed by atoms with Crippen LogP contribution in [0.25, 0.3) is 0 Å². The van der Waals surface area contributed by atoms with E-state index in [1.807, 2.05) is 0 Å². The van der Waals surface area contributed by atoms with Crippen molar-refractivity contribution in [2.75, 3.05) is 0 Å². The summed E-state index contributed by atoms with van der Waals surface area (Å²) in [4.78, 5) is 1.38. The van der Waals surface area contributed by atoms with Gasteiger partial charge in [0.25, 0.3) is 0 Å². The summed E-state index contributed by atoms with van der Waals surface area (Å²) in [7, 11) is 0. The number of rotatable bonds is 2. The minimum atomic E-state index is 0.767. The van der Waals surface area contributed by atoms with E-state index in [4.69, 9.17) is 0 Å². The predicted octanol–water partition coefficient (Wildman–Crippen LogP) is 2.35. The number of halogens is 1. The standard InChI is InChI=1S/C6H7IN2S/c7-3-5-6(4-1-2-4)8-9-10-5/h4H,1-3H2. The van der Waals surface area contributed by atoms with Gasteiger partial charge in [-0.25, -0.2) is 0 Å². The largest absolute Gasteiger partial charge is 0.143 e. The fourth-order valence-electron chi connectivity index (χ4n) is 0.975. The van der Waals surface area contributed by atoms with Gasteiger partial charge < -0.3 is 0 Å². The van der Waals surface area contributed by atoms with Crippen LogP contribution in [0.1, 0.15) is 29.3 Å². The van der Waals surface area contributed by atoms with E-state index < -0.39 is 0 Å². The molecule has 54 valence electrons. The van der Waals surface area contributed by atoms with E-state index in [1.54, 1.807) is 11.5 Å². The van der Waals surface area contributed by atoms with Crippen LogP contribution in [0.15, 0.2) is 0 Å². The third-order valence-corrected chi connectivity index (χ3v) is 3.69. The Balaban J connectivity index is 2.28. The van der Waals surface area contributed by atoms with Crippen molar-refractivity contribution in [3.8, 4) is 0 Å². The van der Waals surface area contributed by atoms with E-state index in [-0.39, 0.29) is 0 Å². The van der Waals surface area contributed by atoms with Gasteiger partial charge in [0.1, 0.15) is 0 Å². The molecule has 0 unspecified atom stereocenters. The van der Waals surface area contributed by atoms with Crippen molar-refractivity contribution in [3.05, 3.63) is 10.6 Å². The molecule has 2 rings (SSSR count). The molecule has 0 aromatic carbocycles. The zero-order valence-electron chi connectivity index (χ0n) is 5.38. The Morgan fingerprint density at radius 1 is 1.60 bits per heavy atom. The fourth-order valence-corrected chi connectivity index (χ4v) is 2.36. The Hall–Kier alpha value is 0.290. The van der Waals surface area contributed by atoms with Crippen LogP contribution in [0.5, 0.6) is 0 Å². The molecule has 1 aliphatic rings. The summed E-state index contributed by atoms with van der Waals surface area (Å²) in [6, 6.07) is 0. The van der Waals surface area contributed by atoms with Crippen LogP contribution in [0, 0.1) is 0 Å². The summed E-state index contributed by atoms with van der Waals surface area (Å²) in [6.07, 6.45) is 2.66. The Morgan fingerprint density at radius 2 is 2.40 bits per heavy atom. The Kier molecular flexibility index (Phi) is 1.90. The molecule has 0 N–H and O–H groups in total. The molecular weight excluding hydrogens is 259 g/mol. The average molecular weight is 266 g/mol. The second kappa shape index (κ2) is 2.73. The zero-order chi connectivity index (χ0) is 6.97. The lowest BCUT2D eigenvalue weighted by molar-refractivity contribution is 0.967. The molecule has 0 bridgehead atoms. The molecule has 10 heavy (non-hydrogen) atoms. The molecule has 2 nitrogen and oxygen atoms in total. The van der Waals surface area contributed by atoms with Crippen LogP contribution in [0.3, 0.4) is 0 Å². The van der Waals surface area contributed by atoms with Gasteiger partial charge >= 0.3 is 0 Å². The Bertz CT molecular complexity index is 231. The Labute approximate surface area is 77.3 Å². The quantitative estimate of drug-likeness (QED) is 0.606. The molecule has 0 atom stereocenters. The van der Waals surface area contributed by atoms with Crippen LogP contribution >= 0.6 is 34.1 Å². The van der Waals surface area contributed by atoms with Gasteiger partial charge in [0.15, 0.2) is 0 Å². The van der Waals surface area contributed by atoms with Crippen LogP contribution in [0.2, 0.25) is 0 Å². The smallest absolute Gasteiger partial charge is 0.0826 e. The molecule has 0 radical (unpaired) electrons. The lowest BCUT2D eigenvalue weighted by atomic mass is 10.3. The first-order chi connectivity index (χ1) is 4.92. The van der Waals surface area contributed by atoms with Crippen molar-refractivity contribution < 1.29 is 0 Å². The van der Waals surface area contributed by atoms with Gasteiger partial charge in [-0.3, -0.25) is 0 Å². The first-order valence-electron chi connectivity index (χ1n) is 3.29. The van der Waals surface area contributed by atoms with Gasteiger partial charge in [-0.15, -0.1) is 5.10 Å². The van der Waals surface area contributed by atoms with E-state index in [1.165, 1.54) is 23.4 Å². The molecule has 1 aliphatic carbocycles. The number of alkyl halides is 1. The van der Waals surface area contributed by atoms with Gasteiger partial charge in [-0.2, -0.15) is 0 Å². The maximum atomic E-state index is 4.11. The van der Waals surface area contributed by atoms with E-state index in [0.29, 0.717) is 0 Å². The molecule has 0 amide bonds. The zero-order valence-corrected chi connectivity index (χ0v) is 8.35. The van der Waals surface area contributed by atoms with Gasteiger partial charge in [0, 0.05) is 10.3 Å². The van der Waals surface area contributed by atoms with Crippen LogP contribution < -0.4 is 0 Å². The molecule has 0 saturated heterocycles. The van der Waals surface area contributed by atoms with Gasteiger partial charge in [-0.05, 0) is 24.4 Å². The van der Waals surface area contributed by atoms with E-state index in [2.05, 4.69) is 32.2 Å². The summed E-state index contributed by atoms with van der Waals surface area (Å²) in [5, 5.41) is 4.11. The second-order valence-corrected chi connectivity index (χ2v) is 4.09. The highest BCUT2D eigenvalue weighted by atomic mass is 127. The highest BCUT2D eigenvalue weighted by Crippen LogP contribution is 2.41. The predicted molar refractivity (Wildman–Crippen MR) is 49.6 cm³/mol. The number of nitrogens with zero attached hydrogens (tertiary/aromatic N) is 2. The minimum Gasteiger partial charge on any atom is -0.143 e. The normalized spacial score (nSPS) is 17.7. The van der Waals surface area contributed by atoms with Crippen LogP contribution in [-0.4, -0.2) is 9.59 Å². The van der Waals surface area contributed by atoms with E-state index >= 15 is 0 Å². The number of aromatic nitrogens is 2. The summed E-state index contributed by atoms with van der Waals surface area (Å²) in [5.41, 5.74) is 1.28. The van der Waals surface area contributed by atoms with Crippen LogP contribution in [0.4, 0.5) is 0 Å². The third-order valence-electron chi connectivity index (χ3n) is 1.67. The monoisotopic (exact) mass is 266 g/mol. The van der Waals surface area contributed by atoms with Gasteiger partial charge in [0.05, 0.1) is 10.6 Å². The number of hydrogen-bond donors (Lipinski definition) is 0. The Morgan fingerprint density at radius 3 is 3.00 bits per heavy atom. The highest BCUT2D eigenvalue weighted by molar-refractivity contribution is 14.1. The summed E-state index contributed by atoms with van der Waals surface area (Å²) in [6.45, 7) is 0. The van der Waals surface area contributed by atoms with Crippen molar-refractivity contribution in [3.63, 3.8) is 0 Å². The van der Waals surface area contributed by atoms with Crippen molar-refractivity contribution in [2.24, 2.45) is 0 Å². The SMILES string of the molecule is ICc1snnc1C1CC1. The van der Waals surface area contributed by atoms with Crippen LogP contribution in [-0.2, 0) is 4.43 Å². The maximum Gasteiger partial charge on any atom is 0.0826 e. The molecule has 0 aliphatic heterocycles. The minimum absolute atomic E-state index is 0.767. The lowest BCUT2D eigenvalue weighted by Crippen LogP contribution is -1.83. The number of hydrogen-bond acceptors (Lipinski definition) is 3. The summed E-state index contributed by atoms with van der Waals surface area (Å²) in [5.74, 6) is 0.767. The fraction of sp³-hybridized carbons (Fsp3) is 0.667. The van der Waals surface area contributed by atoms with Crippen molar-refractivity contribution in [2.45, 2.75) is 23.2 Å². The highest BCUT2D eigenvalue weighted by Gasteiger charge is 2.28. The molecule has 1 aromatic rings. The topological polar surface area (TPSA) is 25.8 Å². The second-order valence-electron chi connectivity index (χ2n) is 2.49. The summed E-state index contributed by atoms with van der Waals surface area (Å²) < 4.78 is 5.01. The van der Waals surface area contributed by atoms with Crippen molar-refractivity contribution in [1.82, 2.24) is 9.59 Å². The molecule has 0 spiro atoms. The third kappa shape index (κ3) is 1.18. The molecule has 1 heterocycles. The maximum absolute atomic E-state index is 4.11. The van der Waals surface area contributed by atoms with E-state index in [0.717, 1.165) is 10.3 Å².